The Bertz CT molecular complexity index is 2090. The molecular formula is C47H59N3O7. The second kappa shape index (κ2) is 17.8. The molecule has 0 spiro atoms. The molecule has 57 heavy (non-hydrogen) atoms. The van der Waals surface area contributed by atoms with Crippen LogP contribution in [0.15, 0.2) is 78.6 Å². The van der Waals surface area contributed by atoms with E-state index in [0.717, 1.165) is 97.7 Å². The van der Waals surface area contributed by atoms with Gasteiger partial charge in [-0.3, -0.25) is 0 Å². The molecule has 4 bridgehead atoms. The summed E-state index contributed by atoms with van der Waals surface area (Å²) in [5.41, 5.74) is 13.7. The van der Waals surface area contributed by atoms with Crippen molar-refractivity contribution in [3.05, 3.63) is 112 Å². The number of benzene rings is 3. The number of dihydropyridines is 1. The first-order valence-corrected chi connectivity index (χ1v) is 21.1. The van der Waals surface area contributed by atoms with Crippen LogP contribution in [-0.4, -0.2) is 69.8 Å². The molecule has 8 rings (SSSR count). The number of hydrogen-bond donors (Lipinski definition) is 6. The smallest absolute Gasteiger partial charge is 0.161 e. The lowest BCUT2D eigenvalue weighted by Gasteiger charge is -2.49. The molecule has 10 nitrogen and oxygen atoms in total. The summed E-state index contributed by atoms with van der Waals surface area (Å²) in [4.78, 5) is 0. The van der Waals surface area contributed by atoms with Crippen LogP contribution in [0, 0.1) is 5.92 Å². The second-order valence-electron chi connectivity index (χ2n) is 16.6. The molecule has 0 radical (unpaired) electrons. The third kappa shape index (κ3) is 8.40. The molecule has 7 N–H and O–H groups in total. The number of aromatic hydroxyl groups is 1. The maximum Gasteiger partial charge on any atom is 0.161 e. The Kier molecular flexibility index (Phi) is 12.4. The number of aliphatic hydroxyl groups excluding tert-OH is 3. The van der Waals surface area contributed by atoms with Gasteiger partial charge in [-0.15, -0.1) is 0 Å². The first-order valence-electron chi connectivity index (χ1n) is 21.1. The van der Waals surface area contributed by atoms with Gasteiger partial charge in [-0.25, -0.2) is 0 Å². The van der Waals surface area contributed by atoms with Crippen LogP contribution < -0.4 is 15.8 Å². The van der Waals surface area contributed by atoms with Crippen molar-refractivity contribution in [2.24, 2.45) is 11.7 Å². The number of ether oxygens (including phenoxy) is 3. The number of phenols is 1. The quantitative estimate of drug-likeness (QED) is 0.102. The number of aliphatic hydroxyl groups is 3. The van der Waals surface area contributed by atoms with Gasteiger partial charge >= 0.3 is 0 Å². The maximum absolute atomic E-state index is 11.4. The van der Waals surface area contributed by atoms with Gasteiger partial charge in [0.15, 0.2) is 11.5 Å². The number of hydrogen-bond acceptors (Lipinski definition) is 9. The molecule has 4 aliphatic rings. The van der Waals surface area contributed by atoms with Gasteiger partial charge in [0.1, 0.15) is 12.4 Å². The van der Waals surface area contributed by atoms with E-state index < -0.39 is 6.10 Å². The van der Waals surface area contributed by atoms with Gasteiger partial charge < -0.3 is 50.3 Å². The summed E-state index contributed by atoms with van der Waals surface area (Å²) < 4.78 is 21.5. The third-order valence-corrected chi connectivity index (χ3v) is 12.9. The molecule has 304 valence electrons. The Labute approximate surface area is 336 Å². The molecule has 1 saturated heterocycles. The molecule has 0 saturated carbocycles. The molecule has 3 aliphatic heterocycles. The van der Waals surface area contributed by atoms with Crippen molar-refractivity contribution in [2.75, 3.05) is 26.4 Å². The largest absolute Gasteiger partial charge is 0.504 e. The molecule has 1 aliphatic carbocycles. The minimum atomic E-state index is -0.629. The van der Waals surface area contributed by atoms with Crippen LogP contribution in [0.5, 0.6) is 11.5 Å². The summed E-state index contributed by atoms with van der Waals surface area (Å²) in [6, 6.07) is 17.0. The summed E-state index contributed by atoms with van der Waals surface area (Å²) in [5, 5.41) is 47.7. The van der Waals surface area contributed by atoms with Gasteiger partial charge in [-0.1, -0.05) is 62.1 Å². The molecule has 1 aromatic heterocycles. The average Bonchev–Trinajstić information content (AvgIpc) is 3.67. The lowest BCUT2D eigenvalue weighted by atomic mass is 9.57. The van der Waals surface area contributed by atoms with Crippen LogP contribution >= 0.6 is 0 Å². The highest BCUT2D eigenvalue weighted by Gasteiger charge is 2.47. The predicted molar refractivity (Wildman–Crippen MR) is 222 cm³/mol. The molecule has 3 aromatic carbocycles. The Morgan fingerprint density at radius 3 is 2.63 bits per heavy atom. The highest BCUT2D eigenvalue weighted by atomic mass is 16.5. The van der Waals surface area contributed by atoms with Crippen LogP contribution in [0.2, 0.25) is 0 Å². The number of rotatable bonds is 9. The van der Waals surface area contributed by atoms with E-state index in [1.54, 1.807) is 6.07 Å². The summed E-state index contributed by atoms with van der Waals surface area (Å²) >= 11 is 0. The standard InChI is InChI=1S/C47H59N3O7/c48-45-16-13-33-28-56-40(9-4-2-1-3-7-18-51)24-39(53)15-12-32-23-44(43(54)22-35(32)27-52)57-29-36-21-38(20-34-25-50(26-41(34)36)46(33)49-45)47-17-19-55-30-37(47)14-11-31-8-5-6-10-42(31)47/h5-6,8,10,13,16,20-23,25-26,37,39-40,45,49,51-54H,1-4,7,9,11-12,14-15,17-19,24,27-30,48H2. The minimum absolute atomic E-state index is 0.0264. The van der Waals surface area contributed by atoms with Gasteiger partial charge in [-0.05, 0) is 115 Å². The molecule has 0 amide bonds. The molecule has 5 unspecified atom stereocenters. The molecule has 10 heteroatoms. The molecule has 4 aromatic rings. The van der Waals surface area contributed by atoms with Crippen LogP contribution in [0.3, 0.4) is 0 Å². The number of nitrogens with zero attached hydrogens (tertiary/aromatic N) is 1. The first kappa shape index (κ1) is 39.7. The van der Waals surface area contributed by atoms with E-state index in [0.29, 0.717) is 49.7 Å². The Hall–Kier alpha value is -4.16. The number of phenolic OH excluding ortho intramolecular Hbond substituents is 1. The molecule has 1 fully saturated rings. The van der Waals surface area contributed by atoms with Crippen LogP contribution in [0.1, 0.15) is 97.6 Å². The van der Waals surface area contributed by atoms with E-state index in [1.807, 2.05) is 18.2 Å². The van der Waals surface area contributed by atoms with Crippen molar-refractivity contribution < 1.29 is 34.6 Å². The Balaban J connectivity index is 1.23. The van der Waals surface area contributed by atoms with Gasteiger partial charge in [-0.2, -0.15) is 0 Å². The molecule has 4 heterocycles. The zero-order valence-electron chi connectivity index (χ0n) is 33.0. The fourth-order valence-electron chi connectivity index (χ4n) is 9.86. The SMILES string of the molecule is NC1C=CC2=C(N1)n1cc3cc(C45CCOCC4CCc4ccccc45)cc(c3c1)COc1cc(c(CO)cc1O)CCC(O)CC(CCCCCCCO)OC2. The topological polar surface area (TPSA) is 152 Å². The summed E-state index contributed by atoms with van der Waals surface area (Å²) in [7, 11) is 0. The van der Waals surface area contributed by atoms with Gasteiger partial charge in [0.25, 0.3) is 0 Å². The summed E-state index contributed by atoms with van der Waals surface area (Å²) in [6.07, 6.45) is 17.2. The molecular weight excluding hydrogens is 719 g/mol. The van der Waals surface area contributed by atoms with Gasteiger partial charge in [0.05, 0.1) is 38.2 Å². The molecule has 5 atom stereocenters. The number of fused-ring (bicyclic) bond motifs is 7. The number of nitrogens with one attached hydrogen (secondary N) is 1. The van der Waals surface area contributed by atoms with Crippen molar-refractivity contribution in [1.29, 1.82) is 0 Å². The van der Waals surface area contributed by atoms with Gasteiger partial charge in [0.2, 0.25) is 0 Å². The van der Waals surface area contributed by atoms with E-state index in [1.165, 1.54) is 16.7 Å². The number of nitrogens with two attached hydrogens (primary N) is 1. The van der Waals surface area contributed by atoms with Crippen molar-refractivity contribution in [3.63, 3.8) is 0 Å². The predicted octanol–water partition coefficient (Wildman–Crippen LogP) is 6.72. The monoisotopic (exact) mass is 777 g/mol. The lowest BCUT2D eigenvalue weighted by molar-refractivity contribution is 0.00498. The van der Waals surface area contributed by atoms with E-state index in [-0.39, 0.29) is 43.3 Å². The van der Waals surface area contributed by atoms with Crippen molar-refractivity contribution in [2.45, 2.75) is 114 Å². The highest BCUT2D eigenvalue weighted by Crippen LogP contribution is 2.52. The number of aryl methyl sites for hydroxylation is 2. The van der Waals surface area contributed by atoms with E-state index in [9.17, 15) is 20.4 Å². The summed E-state index contributed by atoms with van der Waals surface area (Å²) in [5.74, 6) is 1.51. The zero-order valence-corrected chi connectivity index (χ0v) is 33.0. The first-order chi connectivity index (χ1) is 27.9. The highest BCUT2D eigenvalue weighted by molar-refractivity contribution is 5.88. The number of unbranched alkanes of at least 4 members (excludes halogenated alkanes) is 4. The lowest BCUT2D eigenvalue weighted by Crippen LogP contribution is -2.47. The minimum Gasteiger partial charge on any atom is -0.504 e. The second-order valence-corrected chi connectivity index (χ2v) is 16.6. The fourth-order valence-corrected chi connectivity index (χ4v) is 9.86. The zero-order chi connectivity index (χ0) is 39.4. The number of aromatic nitrogens is 1. The maximum atomic E-state index is 11.4. The Morgan fingerprint density at radius 2 is 1.75 bits per heavy atom. The van der Waals surface area contributed by atoms with Crippen LogP contribution in [0.4, 0.5) is 0 Å². The van der Waals surface area contributed by atoms with Crippen molar-refractivity contribution in [1.82, 2.24) is 9.88 Å². The van der Waals surface area contributed by atoms with Gasteiger partial charge in [0, 0.05) is 47.4 Å². The van der Waals surface area contributed by atoms with Crippen LogP contribution in [0.25, 0.3) is 16.6 Å². The fraction of sp³-hybridized carbons (Fsp3) is 0.489. The average molecular weight is 778 g/mol. The van der Waals surface area contributed by atoms with Crippen molar-refractivity contribution >= 4 is 16.6 Å². The third-order valence-electron chi connectivity index (χ3n) is 12.9. The van der Waals surface area contributed by atoms with Crippen LogP contribution in [-0.2, 0) is 40.9 Å². The van der Waals surface area contributed by atoms with E-state index >= 15 is 0 Å². The van der Waals surface area contributed by atoms with E-state index in [4.69, 9.17) is 19.9 Å². The van der Waals surface area contributed by atoms with Crippen molar-refractivity contribution in [3.8, 4) is 11.5 Å². The summed E-state index contributed by atoms with van der Waals surface area (Å²) in [6.45, 7) is 1.96. The van der Waals surface area contributed by atoms with E-state index in [2.05, 4.69) is 58.7 Å². The normalized spacial score (nSPS) is 25.2. The Morgan fingerprint density at radius 1 is 0.912 bits per heavy atom.